The summed E-state index contributed by atoms with van der Waals surface area (Å²) in [5.41, 5.74) is 0.635. The van der Waals surface area contributed by atoms with Crippen LogP contribution in [0.2, 0.25) is 0 Å². The van der Waals surface area contributed by atoms with Gasteiger partial charge in [-0.05, 0) is 44.2 Å². The van der Waals surface area contributed by atoms with Crippen LogP contribution >= 0.6 is 0 Å². The van der Waals surface area contributed by atoms with E-state index < -0.39 is 17.8 Å². The minimum absolute atomic E-state index is 0.292. The fraction of sp³-hybridized carbons (Fsp3) is 0.714. The van der Waals surface area contributed by atoms with E-state index >= 15 is 0 Å². The van der Waals surface area contributed by atoms with E-state index in [0.29, 0.717) is 23.7 Å². The molecule has 6 heteroatoms. The molecule has 0 aromatic heterocycles. The summed E-state index contributed by atoms with van der Waals surface area (Å²) in [6, 6.07) is 1.96. The number of methoxy groups -OCH3 is 3. The Morgan fingerprint density at radius 2 is 1.78 bits per heavy atom. The fourth-order valence-corrected chi connectivity index (χ4v) is 5.90. The largest absolute Gasteiger partial charge is 0.493 e. The molecule has 1 aromatic rings. The van der Waals surface area contributed by atoms with Crippen LogP contribution in [0.5, 0.6) is 17.2 Å². The van der Waals surface area contributed by atoms with E-state index in [9.17, 15) is 10.2 Å². The van der Waals surface area contributed by atoms with Gasteiger partial charge in [0, 0.05) is 11.0 Å². The Kier molecular flexibility index (Phi) is 4.56. The number of fused-ring (bicyclic) bond motifs is 2. The first-order valence-corrected chi connectivity index (χ1v) is 9.81. The van der Waals surface area contributed by atoms with Gasteiger partial charge in [0.25, 0.3) is 0 Å². The summed E-state index contributed by atoms with van der Waals surface area (Å²) in [5.74, 6) is 1.84. The summed E-state index contributed by atoms with van der Waals surface area (Å²) in [6.45, 7) is 1.71. The molecule has 0 amide bonds. The molecule has 1 saturated heterocycles. The Hall–Kier alpha value is -1.50. The van der Waals surface area contributed by atoms with Gasteiger partial charge in [-0.3, -0.25) is 0 Å². The Labute approximate surface area is 160 Å². The van der Waals surface area contributed by atoms with Crippen LogP contribution in [-0.2, 0) is 11.2 Å². The van der Waals surface area contributed by atoms with Crippen LogP contribution in [0.3, 0.4) is 0 Å². The molecule has 3 aliphatic rings. The standard InChI is InChI=1S/C21H30O6/c1-12(22)18-21(23)9-6-5-8-20(21)10-7-13-14(19(20)27-18)11-15(24-2)17(26-4)16(13)25-3/h11-12,18-19,22-23H,5-10H2,1-4H3/t12-,18-,19+,20-,21+/m0/s1. The molecule has 0 radical (unpaired) electrons. The molecule has 2 aliphatic carbocycles. The minimum Gasteiger partial charge on any atom is -0.493 e. The first-order valence-electron chi connectivity index (χ1n) is 9.81. The fourth-order valence-electron chi connectivity index (χ4n) is 5.90. The number of aliphatic hydroxyl groups is 2. The SMILES string of the molecule is COc1cc2c(c(OC)c1OC)CC[C@]13CCCC[C@@]1(O)[C@H]([C@H](C)O)O[C@H]23. The second kappa shape index (κ2) is 6.54. The topological polar surface area (TPSA) is 77.4 Å². The van der Waals surface area contributed by atoms with E-state index in [1.54, 1.807) is 28.3 Å². The van der Waals surface area contributed by atoms with Crippen molar-refractivity contribution in [3.05, 3.63) is 17.2 Å². The number of hydrogen-bond donors (Lipinski definition) is 2. The van der Waals surface area contributed by atoms with Crippen molar-refractivity contribution in [3.63, 3.8) is 0 Å². The molecule has 1 heterocycles. The minimum atomic E-state index is -1.01. The van der Waals surface area contributed by atoms with Gasteiger partial charge in [0.05, 0.1) is 33.5 Å². The molecule has 1 saturated carbocycles. The molecule has 1 spiro atoms. The van der Waals surface area contributed by atoms with Gasteiger partial charge >= 0.3 is 0 Å². The number of ether oxygens (including phenoxy) is 4. The molecule has 1 aliphatic heterocycles. The van der Waals surface area contributed by atoms with Gasteiger partial charge in [0.15, 0.2) is 11.5 Å². The van der Waals surface area contributed by atoms with Gasteiger partial charge in [-0.15, -0.1) is 0 Å². The zero-order valence-electron chi connectivity index (χ0n) is 16.6. The van der Waals surface area contributed by atoms with Crippen molar-refractivity contribution in [2.75, 3.05) is 21.3 Å². The highest BCUT2D eigenvalue weighted by Gasteiger charge is 2.68. The molecule has 4 rings (SSSR count). The first-order chi connectivity index (χ1) is 12.9. The van der Waals surface area contributed by atoms with Crippen molar-refractivity contribution >= 4 is 0 Å². The van der Waals surface area contributed by atoms with Gasteiger partial charge in [0.2, 0.25) is 5.75 Å². The van der Waals surface area contributed by atoms with Crippen molar-refractivity contribution in [3.8, 4) is 17.2 Å². The smallest absolute Gasteiger partial charge is 0.203 e. The average Bonchev–Trinajstić information content (AvgIpc) is 2.96. The monoisotopic (exact) mass is 378 g/mol. The van der Waals surface area contributed by atoms with Crippen LogP contribution in [0, 0.1) is 5.41 Å². The van der Waals surface area contributed by atoms with E-state index in [0.717, 1.165) is 43.2 Å². The summed E-state index contributed by atoms with van der Waals surface area (Å²) in [5, 5.41) is 22.1. The van der Waals surface area contributed by atoms with Gasteiger partial charge < -0.3 is 29.2 Å². The Balaban J connectivity index is 1.91. The van der Waals surface area contributed by atoms with Gasteiger partial charge in [-0.2, -0.15) is 0 Å². The maximum absolute atomic E-state index is 11.7. The molecular weight excluding hydrogens is 348 g/mol. The zero-order valence-corrected chi connectivity index (χ0v) is 16.6. The third-order valence-corrected chi connectivity index (χ3v) is 7.06. The lowest BCUT2D eigenvalue weighted by atomic mass is 9.54. The summed E-state index contributed by atoms with van der Waals surface area (Å²) in [6.07, 6.45) is 3.54. The average molecular weight is 378 g/mol. The van der Waals surface area contributed by atoms with Crippen LogP contribution < -0.4 is 14.2 Å². The molecule has 150 valence electrons. The highest BCUT2D eigenvalue weighted by atomic mass is 16.5. The highest BCUT2D eigenvalue weighted by Crippen LogP contribution is 2.67. The van der Waals surface area contributed by atoms with E-state index in [1.807, 2.05) is 6.07 Å². The van der Waals surface area contributed by atoms with Gasteiger partial charge in [0.1, 0.15) is 11.7 Å². The van der Waals surface area contributed by atoms with Crippen molar-refractivity contribution in [1.82, 2.24) is 0 Å². The molecule has 2 N–H and O–H groups in total. The summed E-state index contributed by atoms with van der Waals surface area (Å²) in [4.78, 5) is 0. The van der Waals surface area contributed by atoms with E-state index in [-0.39, 0.29) is 11.5 Å². The zero-order chi connectivity index (χ0) is 19.4. The van der Waals surface area contributed by atoms with Crippen molar-refractivity contribution in [2.45, 2.75) is 69.4 Å². The number of hydrogen-bond acceptors (Lipinski definition) is 6. The van der Waals surface area contributed by atoms with E-state index in [4.69, 9.17) is 18.9 Å². The first kappa shape index (κ1) is 18.8. The quantitative estimate of drug-likeness (QED) is 0.839. The van der Waals surface area contributed by atoms with Gasteiger partial charge in [-0.25, -0.2) is 0 Å². The second-order valence-corrected chi connectivity index (χ2v) is 8.18. The highest BCUT2D eigenvalue weighted by molar-refractivity contribution is 5.61. The number of aliphatic hydroxyl groups excluding tert-OH is 1. The number of rotatable bonds is 4. The third-order valence-electron chi connectivity index (χ3n) is 7.06. The lowest BCUT2D eigenvalue weighted by Crippen LogP contribution is -2.57. The molecule has 27 heavy (non-hydrogen) atoms. The normalized spacial score (nSPS) is 35.6. The molecule has 0 unspecified atom stereocenters. The maximum Gasteiger partial charge on any atom is 0.203 e. The lowest BCUT2D eigenvalue weighted by Gasteiger charge is -2.51. The Morgan fingerprint density at radius 1 is 1.07 bits per heavy atom. The summed E-state index contributed by atoms with van der Waals surface area (Å²) >= 11 is 0. The molecule has 5 atom stereocenters. The summed E-state index contributed by atoms with van der Waals surface area (Å²) in [7, 11) is 4.84. The molecule has 2 fully saturated rings. The van der Waals surface area contributed by atoms with E-state index in [1.165, 1.54) is 0 Å². The molecule has 6 nitrogen and oxygen atoms in total. The number of benzene rings is 1. The van der Waals surface area contributed by atoms with E-state index in [2.05, 4.69) is 0 Å². The lowest BCUT2D eigenvalue weighted by molar-refractivity contribution is -0.139. The third kappa shape index (κ3) is 2.36. The summed E-state index contributed by atoms with van der Waals surface area (Å²) < 4.78 is 23.2. The Bertz CT molecular complexity index is 732. The predicted octanol–water partition coefficient (Wildman–Crippen LogP) is 2.77. The van der Waals surface area contributed by atoms with Crippen molar-refractivity contribution in [1.29, 1.82) is 0 Å². The maximum atomic E-state index is 11.7. The second-order valence-electron chi connectivity index (χ2n) is 8.18. The molecule has 1 aromatic carbocycles. The predicted molar refractivity (Wildman–Crippen MR) is 99.6 cm³/mol. The van der Waals surface area contributed by atoms with Gasteiger partial charge in [-0.1, -0.05) is 12.8 Å². The molecular formula is C21H30O6. The van der Waals surface area contributed by atoms with Crippen LogP contribution in [0.15, 0.2) is 6.07 Å². The van der Waals surface area contributed by atoms with Crippen LogP contribution in [0.4, 0.5) is 0 Å². The van der Waals surface area contributed by atoms with Crippen LogP contribution in [0.1, 0.15) is 56.3 Å². The van der Waals surface area contributed by atoms with Crippen LogP contribution in [-0.4, -0.2) is 49.4 Å². The van der Waals surface area contributed by atoms with Crippen molar-refractivity contribution < 1.29 is 29.2 Å². The van der Waals surface area contributed by atoms with Crippen molar-refractivity contribution in [2.24, 2.45) is 5.41 Å². The Morgan fingerprint density at radius 3 is 2.41 bits per heavy atom. The van der Waals surface area contributed by atoms with Crippen LogP contribution in [0.25, 0.3) is 0 Å². The molecule has 0 bridgehead atoms.